The predicted molar refractivity (Wildman–Crippen MR) is 180 cm³/mol. The Morgan fingerprint density at radius 1 is 0.635 bits per heavy atom. The lowest BCUT2D eigenvalue weighted by atomic mass is 9.79. The first-order valence-electron chi connectivity index (χ1n) is 17.0. The van der Waals surface area contributed by atoms with Gasteiger partial charge in [-0.1, -0.05) is 84.0 Å². The van der Waals surface area contributed by atoms with Gasteiger partial charge in [0.25, 0.3) is 0 Å². The molecule has 1 fully saturated rings. The van der Waals surface area contributed by atoms with Crippen molar-refractivity contribution in [2.75, 3.05) is 26.2 Å². The Balaban J connectivity index is 2.81. The lowest BCUT2D eigenvalue weighted by Crippen LogP contribution is -2.63. The van der Waals surface area contributed by atoms with Gasteiger partial charge in [-0.15, -0.1) is 0 Å². The Labute approximate surface area is 302 Å². The third kappa shape index (κ3) is 22.4. The van der Waals surface area contributed by atoms with Crippen molar-refractivity contribution in [3.63, 3.8) is 0 Å². The number of hydrogen-bond donors (Lipinski definition) is 10. The van der Waals surface area contributed by atoms with E-state index in [0.717, 1.165) is 32.1 Å². The summed E-state index contributed by atoms with van der Waals surface area (Å²) in [6, 6.07) is 0. The van der Waals surface area contributed by atoms with Gasteiger partial charge in [-0.3, -0.25) is 27.5 Å². The molecule has 0 heterocycles. The monoisotopic (exact) mass is 840 g/mol. The highest BCUT2D eigenvalue weighted by atomic mass is 31.2. The predicted octanol–water partition coefficient (Wildman–Crippen LogP) is 2.33. The topological polar surface area (TPSA) is 343 Å². The van der Waals surface area contributed by atoms with Gasteiger partial charge in [0, 0.05) is 12.3 Å². The molecule has 0 spiro atoms. The third-order valence-electron chi connectivity index (χ3n) is 8.01. The maximum atomic E-state index is 12.9. The van der Waals surface area contributed by atoms with Crippen LogP contribution in [0, 0.1) is 5.92 Å². The van der Waals surface area contributed by atoms with Crippen molar-refractivity contribution in [2.24, 2.45) is 5.92 Å². The van der Waals surface area contributed by atoms with Crippen LogP contribution in [0.2, 0.25) is 0 Å². The molecule has 0 aliphatic heterocycles. The number of ether oxygens (including phenoxy) is 2. The Hall–Kier alpha value is -0.210. The number of phosphoric acid groups is 3. The smallest absolute Gasteiger partial charge is 0.457 e. The van der Waals surface area contributed by atoms with Gasteiger partial charge in [0.1, 0.15) is 43.4 Å². The molecule has 310 valence electrons. The van der Waals surface area contributed by atoms with E-state index in [1.807, 2.05) is 0 Å². The molecule has 8 atom stereocenters. The number of carbonyl (C=O) groups excluding carboxylic acids is 1. The van der Waals surface area contributed by atoms with E-state index in [4.69, 9.17) is 23.6 Å². The van der Waals surface area contributed by atoms with Gasteiger partial charge in [-0.25, -0.2) is 13.7 Å². The van der Waals surface area contributed by atoms with E-state index in [9.17, 15) is 67.5 Å². The van der Waals surface area contributed by atoms with Crippen molar-refractivity contribution < 1.29 is 100 Å². The van der Waals surface area contributed by atoms with Gasteiger partial charge >= 0.3 is 37.0 Å². The summed E-state index contributed by atoms with van der Waals surface area (Å²) in [6.45, 7) is -0.122. The van der Waals surface area contributed by atoms with Crippen LogP contribution in [0.25, 0.3) is 0 Å². The van der Waals surface area contributed by atoms with Gasteiger partial charge < -0.3 is 59.0 Å². The number of rotatable bonds is 29. The summed E-state index contributed by atoms with van der Waals surface area (Å²) in [4.78, 5) is 79.1. The van der Waals surface area contributed by atoms with Crippen molar-refractivity contribution in [3.8, 4) is 0 Å². The number of aliphatic hydroxyl groups excluding tert-OH is 3. The zero-order valence-corrected chi connectivity index (χ0v) is 32.6. The lowest BCUT2D eigenvalue weighted by molar-refractivity contribution is -0.190. The van der Waals surface area contributed by atoms with Gasteiger partial charge in [0.05, 0.1) is 19.4 Å². The number of phosphoric ester groups is 3. The second-order valence-corrected chi connectivity index (χ2v) is 18.0. The maximum Gasteiger partial charge on any atom is 0.472 e. The van der Waals surface area contributed by atoms with Gasteiger partial charge in [0.15, 0.2) is 0 Å². The van der Waals surface area contributed by atoms with Crippen LogP contribution in [0.3, 0.4) is 0 Å². The lowest BCUT2D eigenvalue weighted by Gasteiger charge is -2.46. The van der Waals surface area contributed by atoms with Crippen LogP contribution in [0.4, 0.5) is 0 Å². The zero-order valence-electron chi connectivity index (χ0n) is 29.0. The molecule has 52 heavy (non-hydrogen) atoms. The number of esters is 1. The number of hydrogen-bond acceptors (Lipinski definition) is 14. The largest absolute Gasteiger partial charge is 0.472 e. The van der Waals surface area contributed by atoms with Gasteiger partial charge in [-0.05, 0) is 6.42 Å². The Kier molecular flexibility index (Phi) is 23.4. The van der Waals surface area contributed by atoms with E-state index in [1.165, 1.54) is 44.9 Å². The highest BCUT2D eigenvalue weighted by molar-refractivity contribution is 7.51. The van der Waals surface area contributed by atoms with Crippen LogP contribution in [0.1, 0.15) is 96.8 Å². The van der Waals surface area contributed by atoms with Crippen molar-refractivity contribution in [3.05, 3.63) is 0 Å². The minimum absolute atomic E-state index is 0.0151. The molecule has 21 nitrogen and oxygen atoms in total. The fraction of sp³-hybridized carbons (Fsp3) is 0.963. The summed E-state index contributed by atoms with van der Waals surface area (Å²) >= 11 is 0. The molecule has 0 aromatic rings. The summed E-state index contributed by atoms with van der Waals surface area (Å²) in [5, 5.41) is 30.6. The van der Waals surface area contributed by atoms with Crippen LogP contribution < -0.4 is 0 Å². The first kappa shape index (κ1) is 49.8. The second kappa shape index (κ2) is 24.4. The molecule has 0 aromatic carbocycles. The van der Waals surface area contributed by atoms with Crippen LogP contribution >= 0.6 is 31.1 Å². The third-order valence-corrected chi connectivity index (χ3v) is 10.9. The fourth-order valence-corrected chi connectivity index (χ4v) is 8.80. The summed E-state index contributed by atoms with van der Waals surface area (Å²) in [6.07, 6.45) is -1.57. The van der Waals surface area contributed by atoms with E-state index in [0.29, 0.717) is 6.42 Å². The Morgan fingerprint density at radius 3 is 1.48 bits per heavy atom. The SMILES string of the molecule is CCCCCCCCCCCCCCCC(=O)O[C@@H](COCO)COP(=O)(O)OC1C(O)[C@H](OP(=O)(O)O)C(CP(=O)(O)O)C(OP(=O)(O)O)[C@@H]1O. The fourth-order valence-electron chi connectivity index (χ4n) is 5.67. The first-order chi connectivity index (χ1) is 24.1. The molecule has 25 heteroatoms. The van der Waals surface area contributed by atoms with E-state index < -0.39 is 106 Å². The van der Waals surface area contributed by atoms with Crippen molar-refractivity contribution in [1.82, 2.24) is 0 Å². The number of unbranched alkanes of at least 4 members (excludes halogenated alkanes) is 12. The normalized spacial score (nSPS) is 24.8. The number of carbonyl (C=O) groups is 1. The standard InChI is InChI=1S/C27H56O21P4/c1-2-3-4-5-6-7-8-9-10-11-12-13-14-15-22(29)45-20(16-43-19-28)17-44-52(41,42)48-27-23(30)25(46-50(35,36)37)21(18-49(32,33)34)26(24(27)31)47-51(38,39)40/h20-21,23-28,30-31H,2-19H2,1H3,(H,41,42)(H2,32,33,34)(H2,35,36,37)(H2,38,39,40)/t20-,21?,23-,24?,25?,26+,27?/m0/s1. The minimum Gasteiger partial charge on any atom is -0.457 e. The molecule has 0 saturated heterocycles. The maximum absolute atomic E-state index is 12.9. The van der Waals surface area contributed by atoms with E-state index >= 15 is 0 Å². The molecule has 1 aliphatic carbocycles. The molecule has 1 rings (SSSR count). The zero-order chi connectivity index (χ0) is 39.6. The Morgan fingerprint density at radius 2 is 1.08 bits per heavy atom. The number of aliphatic hydroxyl groups is 3. The molecule has 0 bridgehead atoms. The minimum atomic E-state index is -5.67. The molecule has 1 aliphatic rings. The highest BCUT2D eigenvalue weighted by Gasteiger charge is 2.57. The van der Waals surface area contributed by atoms with E-state index in [1.54, 1.807) is 0 Å². The average Bonchev–Trinajstić information content (AvgIpc) is 3.01. The Bertz CT molecular complexity index is 1170. The quantitative estimate of drug-likeness (QED) is 0.0223. The second-order valence-electron chi connectivity index (χ2n) is 12.6. The molecular weight excluding hydrogens is 784 g/mol. The summed E-state index contributed by atoms with van der Waals surface area (Å²) < 4.78 is 76.3. The molecule has 0 amide bonds. The first-order valence-corrected chi connectivity index (χ1v) is 23.4. The average molecular weight is 841 g/mol. The summed E-state index contributed by atoms with van der Waals surface area (Å²) in [7, 11) is -22.1. The van der Waals surface area contributed by atoms with Crippen molar-refractivity contribution >= 4 is 37.0 Å². The van der Waals surface area contributed by atoms with Crippen LogP contribution in [0.5, 0.6) is 0 Å². The van der Waals surface area contributed by atoms with Crippen molar-refractivity contribution in [2.45, 2.75) is 133 Å². The van der Waals surface area contributed by atoms with Crippen LogP contribution in [-0.2, 0) is 50.6 Å². The van der Waals surface area contributed by atoms with Gasteiger partial charge in [-0.2, -0.15) is 0 Å². The summed E-state index contributed by atoms with van der Waals surface area (Å²) in [5.74, 6) is -2.96. The summed E-state index contributed by atoms with van der Waals surface area (Å²) in [5.41, 5.74) is 0. The van der Waals surface area contributed by atoms with Crippen LogP contribution in [0.15, 0.2) is 0 Å². The molecule has 10 N–H and O–H groups in total. The van der Waals surface area contributed by atoms with E-state index in [2.05, 4.69) is 16.0 Å². The van der Waals surface area contributed by atoms with E-state index in [-0.39, 0.29) is 6.42 Å². The van der Waals surface area contributed by atoms with Gasteiger partial charge in [0.2, 0.25) is 0 Å². The molecule has 0 radical (unpaired) electrons. The van der Waals surface area contributed by atoms with Crippen LogP contribution in [-0.4, -0.2) is 118 Å². The molecule has 1 saturated carbocycles. The van der Waals surface area contributed by atoms with Crippen molar-refractivity contribution in [1.29, 1.82) is 0 Å². The molecule has 5 unspecified atom stereocenters. The molecular formula is C27H56O21P4. The molecule has 0 aromatic heterocycles. The highest BCUT2D eigenvalue weighted by Crippen LogP contribution is 2.54.